The third-order valence-corrected chi connectivity index (χ3v) is 5.93. The Morgan fingerprint density at radius 2 is 1.70 bits per heavy atom. The zero-order valence-electron chi connectivity index (χ0n) is 16.7. The van der Waals surface area contributed by atoms with Gasteiger partial charge in [0.15, 0.2) is 0 Å². The summed E-state index contributed by atoms with van der Waals surface area (Å²) in [6.45, 7) is 2.31. The molecule has 2 aromatic rings. The predicted octanol–water partition coefficient (Wildman–Crippen LogP) is 2.99. The van der Waals surface area contributed by atoms with Gasteiger partial charge >= 0.3 is 12.1 Å². The number of aliphatic carboxylic acids is 1. The molecule has 156 valence electrons. The van der Waals surface area contributed by atoms with Crippen LogP contribution in [0.15, 0.2) is 48.5 Å². The summed E-state index contributed by atoms with van der Waals surface area (Å²) < 4.78 is 5.49. The first kappa shape index (κ1) is 19.9. The first-order chi connectivity index (χ1) is 14.5. The number of carbonyl (C=O) groups is 3. The molecular weight excluding hydrogens is 384 g/mol. The largest absolute Gasteiger partial charge is 0.480 e. The fourth-order valence-corrected chi connectivity index (χ4v) is 4.23. The van der Waals surface area contributed by atoms with Crippen molar-refractivity contribution in [1.29, 1.82) is 0 Å². The Morgan fingerprint density at radius 3 is 2.20 bits per heavy atom. The molecule has 2 aromatic carbocycles. The highest BCUT2D eigenvalue weighted by atomic mass is 16.5. The number of alkyl carbamates (subject to hydrolysis) is 1. The second-order valence-corrected chi connectivity index (χ2v) is 7.61. The van der Waals surface area contributed by atoms with Crippen LogP contribution in [0.5, 0.6) is 0 Å². The average molecular weight is 408 g/mol. The van der Waals surface area contributed by atoms with Crippen LogP contribution in [0.1, 0.15) is 36.8 Å². The monoisotopic (exact) mass is 408 g/mol. The number of nitrogens with one attached hydrogen (secondary N) is 1. The molecule has 0 aromatic heterocycles. The summed E-state index contributed by atoms with van der Waals surface area (Å²) in [4.78, 5) is 37.5. The van der Waals surface area contributed by atoms with Crippen LogP contribution in [0.25, 0.3) is 11.1 Å². The van der Waals surface area contributed by atoms with Gasteiger partial charge in [-0.15, -0.1) is 0 Å². The van der Waals surface area contributed by atoms with Crippen molar-refractivity contribution in [2.75, 3.05) is 13.2 Å². The molecule has 0 bridgehead atoms. The van der Waals surface area contributed by atoms with Crippen molar-refractivity contribution in [3.8, 4) is 11.1 Å². The van der Waals surface area contributed by atoms with Crippen LogP contribution in [0.4, 0.5) is 4.79 Å². The highest BCUT2D eigenvalue weighted by Gasteiger charge is 2.40. The molecule has 2 amide bonds. The number of benzene rings is 2. The molecule has 1 saturated heterocycles. The Bertz CT molecular complexity index is 944. The molecule has 1 fully saturated rings. The molecule has 7 nitrogen and oxygen atoms in total. The maximum Gasteiger partial charge on any atom is 0.407 e. The van der Waals surface area contributed by atoms with Crippen molar-refractivity contribution in [3.05, 3.63) is 59.7 Å². The third kappa shape index (κ3) is 3.51. The van der Waals surface area contributed by atoms with Gasteiger partial charge < -0.3 is 20.1 Å². The molecule has 0 radical (unpaired) electrons. The van der Waals surface area contributed by atoms with E-state index in [4.69, 9.17) is 9.84 Å². The average Bonchev–Trinajstić information content (AvgIpc) is 3.03. The van der Waals surface area contributed by atoms with Crippen LogP contribution < -0.4 is 5.32 Å². The Balaban J connectivity index is 1.40. The summed E-state index contributed by atoms with van der Waals surface area (Å²) in [5.41, 5.74) is 4.50. The Hall–Kier alpha value is -3.35. The molecular formula is C23H24N2O5. The number of carboxylic acids is 1. The number of fused-ring (bicyclic) bond motifs is 3. The smallest absolute Gasteiger partial charge is 0.407 e. The lowest BCUT2D eigenvalue weighted by Gasteiger charge is -2.39. The standard InChI is InChI=1S/C23H24N2O5/c1-2-19(21(26)25-12-11-20(25)22(27)28)24-23(29)30-13-18-16-9-5-3-7-14(16)15-8-4-6-10-17(15)18/h3-10,18-20H,2,11-13H2,1H3,(H,24,29)(H,27,28)/t19-,20?/m0/s1. The lowest BCUT2D eigenvalue weighted by Crippen LogP contribution is -2.60. The van der Waals surface area contributed by atoms with E-state index in [9.17, 15) is 14.4 Å². The van der Waals surface area contributed by atoms with Crippen molar-refractivity contribution < 1.29 is 24.2 Å². The topological polar surface area (TPSA) is 95.9 Å². The SMILES string of the molecule is CC[C@H](NC(=O)OCC1c2ccccc2-c2ccccc21)C(=O)N1CCC1C(=O)O. The number of likely N-dealkylation sites (tertiary alicyclic amines) is 1. The second-order valence-electron chi connectivity index (χ2n) is 7.61. The maximum atomic E-state index is 12.6. The number of hydrogen-bond donors (Lipinski definition) is 2. The molecule has 1 heterocycles. The number of carboxylic acid groups (broad SMARTS) is 1. The lowest BCUT2D eigenvalue weighted by molar-refractivity contribution is -0.158. The molecule has 7 heteroatoms. The van der Waals surface area contributed by atoms with E-state index in [2.05, 4.69) is 17.4 Å². The highest BCUT2D eigenvalue weighted by Crippen LogP contribution is 2.44. The predicted molar refractivity (Wildman–Crippen MR) is 110 cm³/mol. The minimum Gasteiger partial charge on any atom is -0.480 e. The first-order valence-corrected chi connectivity index (χ1v) is 10.2. The molecule has 0 spiro atoms. The van der Waals surface area contributed by atoms with E-state index in [0.717, 1.165) is 22.3 Å². The number of nitrogens with zero attached hydrogens (tertiary/aromatic N) is 1. The van der Waals surface area contributed by atoms with Crippen molar-refractivity contribution in [1.82, 2.24) is 10.2 Å². The van der Waals surface area contributed by atoms with Gasteiger partial charge in [0.25, 0.3) is 0 Å². The lowest BCUT2D eigenvalue weighted by atomic mass is 9.98. The normalized spacial score (nSPS) is 18.0. The van der Waals surface area contributed by atoms with E-state index < -0.39 is 24.1 Å². The molecule has 2 N–H and O–H groups in total. The van der Waals surface area contributed by atoms with Crippen LogP contribution in [-0.2, 0) is 14.3 Å². The van der Waals surface area contributed by atoms with E-state index in [-0.39, 0.29) is 18.4 Å². The number of hydrogen-bond acceptors (Lipinski definition) is 4. The van der Waals surface area contributed by atoms with Crippen molar-refractivity contribution in [3.63, 3.8) is 0 Å². The number of carbonyl (C=O) groups excluding carboxylic acids is 2. The van der Waals surface area contributed by atoms with Crippen molar-refractivity contribution in [2.24, 2.45) is 0 Å². The van der Waals surface area contributed by atoms with Gasteiger partial charge in [-0.1, -0.05) is 55.5 Å². The van der Waals surface area contributed by atoms with E-state index in [1.165, 1.54) is 4.90 Å². The minimum absolute atomic E-state index is 0.0642. The zero-order chi connectivity index (χ0) is 21.3. The second kappa shape index (κ2) is 8.18. The van der Waals surface area contributed by atoms with Gasteiger partial charge in [0.2, 0.25) is 5.91 Å². The molecule has 1 unspecified atom stereocenters. The number of amides is 2. The summed E-state index contributed by atoms with van der Waals surface area (Å²) in [5, 5.41) is 11.8. The van der Waals surface area contributed by atoms with Crippen LogP contribution in [-0.4, -0.2) is 53.2 Å². The quantitative estimate of drug-likeness (QED) is 0.766. The molecule has 30 heavy (non-hydrogen) atoms. The van der Waals surface area contributed by atoms with E-state index in [1.807, 2.05) is 36.4 Å². The van der Waals surface area contributed by atoms with Crippen LogP contribution in [0.2, 0.25) is 0 Å². The Kier molecular flexibility index (Phi) is 5.44. The van der Waals surface area contributed by atoms with Gasteiger partial charge in [-0.25, -0.2) is 9.59 Å². The van der Waals surface area contributed by atoms with E-state index >= 15 is 0 Å². The molecule has 4 rings (SSSR count). The third-order valence-electron chi connectivity index (χ3n) is 5.93. The fraction of sp³-hybridized carbons (Fsp3) is 0.348. The molecule has 0 saturated carbocycles. The number of rotatable bonds is 6. The van der Waals surface area contributed by atoms with Gasteiger partial charge in [0, 0.05) is 12.5 Å². The van der Waals surface area contributed by atoms with Gasteiger partial charge in [-0.2, -0.15) is 0 Å². The summed E-state index contributed by atoms with van der Waals surface area (Å²) in [6, 6.07) is 14.5. The first-order valence-electron chi connectivity index (χ1n) is 10.2. The van der Waals surface area contributed by atoms with Gasteiger partial charge in [-0.05, 0) is 35.1 Å². The fourth-order valence-electron chi connectivity index (χ4n) is 4.23. The minimum atomic E-state index is -1.02. The summed E-state index contributed by atoms with van der Waals surface area (Å²) in [5.74, 6) is -1.47. The van der Waals surface area contributed by atoms with Crippen molar-refractivity contribution >= 4 is 18.0 Å². The van der Waals surface area contributed by atoms with Crippen LogP contribution in [0.3, 0.4) is 0 Å². The highest BCUT2D eigenvalue weighted by molar-refractivity contribution is 5.90. The summed E-state index contributed by atoms with van der Waals surface area (Å²) >= 11 is 0. The maximum absolute atomic E-state index is 12.6. The van der Waals surface area contributed by atoms with E-state index in [0.29, 0.717) is 19.4 Å². The van der Waals surface area contributed by atoms with Gasteiger partial charge in [0.1, 0.15) is 18.7 Å². The van der Waals surface area contributed by atoms with Crippen molar-refractivity contribution in [2.45, 2.75) is 37.8 Å². The number of ether oxygens (including phenoxy) is 1. The van der Waals surface area contributed by atoms with Crippen LogP contribution in [0, 0.1) is 0 Å². The summed E-state index contributed by atoms with van der Waals surface area (Å²) in [7, 11) is 0. The molecule has 2 atom stereocenters. The summed E-state index contributed by atoms with van der Waals surface area (Å²) in [6.07, 6.45) is 0.110. The Labute approximate surface area is 174 Å². The molecule has 1 aliphatic carbocycles. The van der Waals surface area contributed by atoms with Gasteiger partial charge in [0.05, 0.1) is 0 Å². The Morgan fingerprint density at radius 1 is 1.10 bits per heavy atom. The van der Waals surface area contributed by atoms with Crippen LogP contribution >= 0.6 is 0 Å². The zero-order valence-corrected chi connectivity index (χ0v) is 16.7. The molecule has 2 aliphatic rings. The van der Waals surface area contributed by atoms with E-state index in [1.54, 1.807) is 6.92 Å². The molecule has 1 aliphatic heterocycles. The van der Waals surface area contributed by atoms with Gasteiger partial charge in [-0.3, -0.25) is 4.79 Å².